The number of unbranched alkanes of at least 4 members (excludes halogenated alkanes) is 1. The molecule has 1 aromatic rings. The van der Waals surface area contributed by atoms with E-state index in [9.17, 15) is 0 Å². The van der Waals surface area contributed by atoms with E-state index in [2.05, 4.69) is 21.8 Å². The Hall–Kier alpha value is -0.830. The number of hydrogen-bond donors (Lipinski definition) is 0. The predicted octanol–water partition coefficient (Wildman–Crippen LogP) is 2.94. The van der Waals surface area contributed by atoms with Crippen LogP contribution in [0.2, 0.25) is 0 Å². The second-order valence-electron chi connectivity index (χ2n) is 3.95. The normalized spacial score (nSPS) is 10.5. The fourth-order valence-electron chi connectivity index (χ4n) is 1.60. The minimum Gasteiger partial charge on any atom is -0.354 e. The Morgan fingerprint density at radius 3 is 2.69 bits per heavy atom. The van der Waals surface area contributed by atoms with Crippen molar-refractivity contribution in [3.63, 3.8) is 0 Å². The lowest BCUT2D eigenvalue weighted by Crippen LogP contribution is -2.28. The summed E-state index contributed by atoms with van der Waals surface area (Å²) in [6.07, 6.45) is 4.14. The summed E-state index contributed by atoms with van der Waals surface area (Å²) in [5.41, 5.74) is 1.93. The summed E-state index contributed by atoms with van der Waals surface area (Å²) in [5, 5.41) is 0. The van der Waals surface area contributed by atoms with Crippen LogP contribution in [0.5, 0.6) is 0 Å². The van der Waals surface area contributed by atoms with E-state index in [1.807, 2.05) is 13.8 Å². The molecule has 0 unspecified atom stereocenters. The van der Waals surface area contributed by atoms with Gasteiger partial charge in [-0.05, 0) is 20.3 Å². The monoisotopic (exact) mass is 241 g/mol. The summed E-state index contributed by atoms with van der Waals surface area (Å²) in [6.45, 7) is 7.99. The number of anilines is 1. The number of alkyl halides is 1. The summed E-state index contributed by atoms with van der Waals surface area (Å²) < 4.78 is 0. The Bertz CT molecular complexity index is 328. The van der Waals surface area contributed by atoms with Crippen LogP contribution < -0.4 is 4.90 Å². The van der Waals surface area contributed by atoms with Crippen molar-refractivity contribution in [2.45, 2.75) is 33.6 Å². The minimum absolute atomic E-state index is 0.624. The number of aryl methyl sites for hydroxylation is 2. The van der Waals surface area contributed by atoms with Gasteiger partial charge in [-0.25, -0.2) is 4.98 Å². The zero-order chi connectivity index (χ0) is 12.0. The molecule has 0 aliphatic heterocycles. The third-order valence-corrected chi connectivity index (χ3v) is 2.66. The SMILES string of the molecule is CCCCN(CCCl)c1nc(C)cnc1C. The Kier molecular flexibility index (Phi) is 5.53. The molecule has 1 rings (SSSR count). The molecule has 0 aliphatic rings. The van der Waals surface area contributed by atoms with E-state index < -0.39 is 0 Å². The Morgan fingerprint density at radius 1 is 1.31 bits per heavy atom. The van der Waals surface area contributed by atoms with Crippen molar-refractivity contribution in [1.29, 1.82) is 0 Å². The first-order chi connectivity index (χ1) is 7.69. The van der Waals surface area contributed by atoms with Crippen LogP contribution in [-0.2, 0) is 0 Å². The molecule has 0 bridgehead atoms. The summed E-state index contributed by atoms with van der Waals surface area (Å²) >= 11 is 5.83. The molecule has 90 valence electrons. The first kappa shape index (κ1) is 13.2. The van der Waals surface area contributed by atoms with Crippen LogP contribution in [0, 0.1) is 13.8 Å². The van der Waals surface area contributed by atoms with Gasteiger partial charge in [-0.1, -0.05) is 13.3 Å². The highest BCUT2D eigenvalue weighted by Crippen LogP contribution is 2.16. The number of nitrogens with zero attached hydrogens (tertiary/aromatic N) is 3. The van der Waals surface area contributed by atoms with Gasteiger partial charge in [0, 0.05) is 25.2 Å². The molecule has 1 aromatic heterocycles. The second kappa shape index (κ2) is 6.69. The van der Waals surface area contributed by atoms with Crippen molar-refractivity contribution in [2.75, 3.05) is 23.9 Å². The lowest BCUT2D eigenvalue weighted by molar-refractivity contribution is 0.719. The van der Waals surface area contributed by atoms with E-state index in [-0.39, 0.29) is 0 Å². The highest BCUT2D eigenvalue weighted by atomic mass is 35.5. The number of halogens is 1. The van der Waals surface area contributed by atoms with Crippen LogP contribution in [0.4, 0.5) is 5.82 Å². The largest absolute Gasteiger partial charge is 0.354 e. The smallest absolute Gasteiger partial charge is 0.150 e. The fourth-order valence-corrected chi connectivity index (χ4v) is 1.80. The molecule has 4 heteroatoms. The maximum atomic E-state index is 5.83. The summed E-state index contributed by atoms with van der Waals surface area (Å²) in [6, 6.07) is 0. The molecule has 0 aliphatic carbocycles. The molecular weight excluding hydrogens is 222 g/mol. The van der Waals surface area contributed by atoms with Gasteiger partial charge in [-0.3, -0.25) is 4.98 Å². The molecule has 0 N–H and O–H groups in total. The summed E-state index contributed by atoms with van der Waals surface area (Å²) in [5.74, 6) is 1.60. The molecule has 3 nitrogen and oxygen atoms in total. The van der Waals surface area contributed by atoms with E-state index in [0.717, 1.165) is 36.7 Å². The molecule has 0 spiro atoms. The molecule has 0 saturated heterocycles. The first-order valence-electron chi connectivity index (χ1n) is 5.80. The Morgan fingerprint density at radius 2 is 2.06 bits per heavy atom. The molecule has 0 saturated carbocycles. The molecule has 0 fully saturated rings. The average molecular weight is 242 g/mol. The van der Waals surface area contributed by atoms with Crippen molar-refractivity contribution < 1.29 is 0 Å². The van der Waals surface area contributed by atoms with Gasteiger partial charge in [0.1, 0.15) is 5.82 Å². The highest BCUT2D eigenvalue weighted by Gasteiger charge is 2.10. The van der Waals surface area contributed by atoms with Crippen LogP contribution in [0.1, 0.15) is 31.2 Å². The average Bonchev–Trinajstić information content (AvgIpc) is 2.28. The van der Waals surface area contributed by atoms with Crippen LogP contribution in [0.25, 0.3) is 0 Å². The van der Waals surface area contributed by atoms with Crippen LogP contribution in [-0.4, -0.2) is 28.9 Å². The highest BCUT2D eigenvalue weighted by molar-refractivity contribution is 6.18. The number of rotatable bonds is 6. The molecular formula is C12H20ClN3. The zero-order valence-electron chi connectivity index (χ0n) is 10.3. The maximum Gasteiger partial charge on any atom is 0.150 e. The fraction of sp³-hybridized carbons (Fsp3) is 0.667. The van der Waals surface area contributed by atoms with Gasteiger partial charge in [-0.2, -0.15) is 0 Å². The third kappa shape index (κ3) is 3.63. The Balaban J connectivity index is 2.85. The van der Waals surface area contributed by atoms with E-state index in [1.54, 1.807) is 6.20 Å². The van der Waals surface area contributed by atoms with Crippen molar-refractivity contribution in [1.82, 2.24) is 9.97 Å². The molecule has 0 radical (unpaired) electrons. The third-order valence-electron chi connectivity index (χ3n) is 2.49. The standard InChI is InChI=1S/C12H20ClN3/c1-4-5-7-16(8-6-13)12-11(3)14-9-10(2)15-12/h9H,4-8H2,1-3H3. The van der Waals surface area contributed by atoms with Gasteiger partial charge in [0.15, 0.2) is 0 Å². The van der Waals surface area contributed by atoms with Crippen LogP contribution in [0.15, 0.2) is 6.20 Å². The van der Waals surface area contributed by atoms with Crippen LogP contribution >= 0.6 is 11.6 Å². The Labute approximate surface area is 103 Å². The molecule has 0 amide bonds. The number of aromatic nitrogens is 2. The van der Waals surface area contributed by atoms with Gasteiger partial charge in [0.25, 0.3) is 0 Å². The lowest BCUT2D eigenvalue weighted by atomic mass is 10.3. The van der Waals surface area contributed by atoms with E-state index in [4.69, 9.17) is 11.6 Å². The van der Waals surface area contributed by atoms with Crippen molar-refractivity contribution >= 4 is 17.4 Å². The van der Waals surface area contributed by atoms with Gasteiger partial charge in [0.05, 0.1) is 11.4 Å². The van der Waals surface area contributed by atoms with Gasteiger partial charge >= 0.3 is 0 Å². The summed E-state index contributed by atoms with van der Waals surface area (Å²) in [4.78, 5) is 11.1. The molecule has 0 atom stereocenters. The van der Waals surface area contributed by atoms with Gasteiger partial charge in [-0.15, -0.1) is 11.6 Å². The molecule has 0 aromatic carbocycles. The van der Waals surface area contributed by atoms with E-state index in [0.29, 0.717) is 5.88 Å². The quantitative estimate of drug-likeness (QED) is 0.717. The van der Waals surface area contributed by atoms with Crippen molar-refractivity contribution in [3.05, 3.63) is 17.6 Å². The molecule has 1 heterocycles. The lowest BCUT2D eigenvalue weighted by Gasteiger charge is -2.23. The van der Waals surface area contributed by atoms with Crippen molar-refractivity contribution in [2.24, 2.45) is 0 Å². The maximum absolute atomic E-state index is 5.83. The molecule has 16 heavy (non-hydrogen) atoms. The van der Waals surface area contributed by atoms with Crippen LogP contribution in [0.3, 0.4) is 0 Å². The zero-order valence-corrected chi connectivity index (χ0v) is 11.1. The predicted molar refractivity (Wildman–Crippen MR) is 69.3 cm³/mol. The number of hydrogen-bond acceptors (Lipinski definition) is 3. The first-order valence-corrected chi connectivity index (χ1v) is 6.33. The topological polar surface area (TPSA) is 29.0 Å². The van der Waals surface area contributed by atoms with Crippen molar-refractivity contribution in [3.8, 4) is 0 Å². The van der Waals surface area contributed by atoms with E-state index in [1.165, 1.54) is 6.42 Å². The minimum atomic E-state index is 0.624. The summed E-state index contributed by atoms with van der Waals surface area (Å²) in [7, 11) is 0. The second-order valence-corrected chi connectivity index (χ2v) is 4.33. The van der Waals surface area contributed by atoms with Gasteiger partial charge < -0.3 is 4.90 Å². The van der Waals surface area contributed by atoms with E-state index >= 15 is 0 Å². The van der Waals surface area contributed by atoms with Gasteiger partial charge in [0.2, 0.25) is 0 Å².